The molecular weight excluding hydrogens is 294 g/mol. The fourth-order valence-electron chi connectivity index (χ4n) is 2.54. The summed E-state index contributed by atoms with van der Waals surface area (Å²) in [5.74, 6) is 0.839. The maximum atomic E-state index is 6.13. The molecule has 1 aromatic heterocycles. The number of hydrogen-bond donors (Lipinski definition) is 0. The lowest BCUT2D eigenvalue weighted by Crippen LogP contribution is -1.99. The van der Waals surface area contributed by atoms with Crippen LogP contribution in [0.2, 0.25) is 5.02 Å². The molecule has 0 unspecified atom stereocenters. The molecule has 0 aliphatic carbocycles. The molecule has 22 heavy (non-hydrogen) atoms. The van der Waals surface area contributed by atoms with E-state index in [1.165, 1.54) is 11.4 Å². The summed E-state index contributed by atoms with van der Waals surface area (Å²) < 4.78 is 8.03. The van der Waals surface area contributed by atoms with Crippen molar-refractivity contribution >= 4 is 11.6 Å². The quantitative estimate of drug-likeness (QED) is 0.635. The minimum atomic E-state index is 0.473. The van der Waals surface area contributed by atoms with Gasteiger partial charge in [-0.25, -0.2) is 0 Å². The molecule has 0 spiro atoms. The molecule has 2 nitrogen and oxygen atoms in total. The topological polar surface area (TPSA) is 14.2 Å². The fraction of sp³-hybridized carbons (Fsp3) is 0.158. The molecular formula is C19H18ClNO. The lowest BCUT2D eigenvalue weighted by molar-refractivity contribution is 0.306. The van der Waals surface area contributed by atoms with E-state index in [1.54, 1.807) is 0 Å². The number of aryl methyl sites for hydroxylation is 2. The maximum Gasteiger partial charge on any atom is 0.119 e. The minimum absolute atomic E-state index is 0.473. The second kappa shape index (κ2) is 6.29. The Bertz CT molecular complexity index is 755. The number of aromatic nitrogens is 1. The average Bonchev–Trinajstić information content (AvgIpc) is 2.86. The molecule has 0 fully saturated rings. The van der Waals surface area contributed by atoms with Crippen LogP contribution in [0.4, 0.5) is 0 Å². The molecule has 0 aliphatic heterocycles. The SMILES string of the molecule is Cc1ccc(C)n1-c1ccc(OCc2ccccc2Cl)cc1. The van der Waals surface area contributed by atoms with E-state index in [0.717, 1.165) is 22.0 Å². The number of halogens is 1. The lowest BCUT2D eigenvalue weighted by atomic mass is 10.2. The predicted molar refractivity (Wildman–Crippen MR) is 91.0 cm³/mol. The van der Waals surface area contributed by atoms with E-state index in [4.69, 9.17) is 16.3 Å². The molecule has 0 atom stereocenters. The molecule has 0 radical (unpaired) electrons. The van der Waals surface area contributed by atoms with Gasteiger partial charge in [0.25, 0.3) is 0 Å². The van der Waals surface area contributed by atoms with Crippen molar-refractivity contribution in [3.8, 4) is 11.4 Å². The normalized spacial score (nSPS) is 10.7. The molecule has 0 saturated carbocycles. The van der Waals surface area contributed by atoms with Crippen LogP contribution in [0.15, 0.2) is 60.7 Å². The van der Waals surface area contributed by atoms with Crippen molar-refractivity contribution in [2.45, 2.75) is 20.5 Å². The van der Waals surface area contributed by atoms with Crippen molar-refractivity contribution in [1.29, 1.82) is 0 Å². The van der Waals surface area contributed by atoms with Gasteiger partial charge in [-0.15, -0.1) is 0 Å². The Balaban J connectivity index is 1.74. The van der Waals surface area contributed by atoms with Crippen LogP contribution in [0.1, 0.15) is 17.0 Å². The van der Waals surface area contributed by atoms with E-state index in [-0.39, 0.29) is 0 Å². The van der Waals surface area contributed by atoms with Crippen molar-refractivity contribution in [3.05, 3.63) is 82.6 Å². The van der Waals surface area contributed by atoms with Crippen LogP contribution in [0, 0.1) is 13.8 Å². The van der Waals surface area contributed by atoms with Gasteiger partial charge in [0.2, 0.25) is 0 Å². The van der Waals surface area contributed by atoms with Crippen molar-refractivity contribution in [3.63, 3.8) is 0 Å². The second-order valence-corrected chi connectivity index (χ2v) is 5.73. The fourth-order valence-corrected chi connectivity index (χ4v) is 2.73. The van der Waals surface area contributed by atoms with Gasteiger partial charge in [-0.05, 0) is 56.3 Å². The van der Waals surface area contributed by atoms with Gasteiger partial charge in [0.15, 0.2) is 0 Å². The van der Waals surface area contributed by atoms with Crippen molar-refractivity contribution in [1.82, 2.24) is 4.57 Å². The summed E-state index contributed by atoms with van der Waals surface area (Å²) in [5, 5.41) is 0.734. The van der Waals surface area contributed by atoms with Crippen LogP contribution < -0.4 is 4.74 Å². The van der Waals surface area contributed by atoms with Gasteiger partial charge in [-0.3, -0.25) is 0 Å². The Morgan fingerprint density at radius 3 is 2.14 bits per heavy atom. The Hall–Kier alpha value is -2.19. The van der Waals surface area contributed by atoms with Gasteiger partial charge < -0.3 is 9.30 Å². The highest BCUT2D eigenvalue weighted by Crippen LogP contribution is 2.22. The summed E-state index contributed by atoms with van der Waals surface area (Å²) in [4.78, 5) is 0. The molecule has 0 aliphatic rings. The summed E-state index contributed by atoms with van der Waals surface area (Å²) in [5.41, 5.74) is 4.58. The van der Waals surface area contributed by atoms with Crippen LogP contribution in [0.3, 0.4) is 0 Å². The van der Waals surface area contributed by atoms with E-state index in [2.05, 4.69) is 42.7 Å². The van der Waals surface area contributed by atoms with E-state index in [1.807, 2.05) is 36.4 Å². The van der Waals surface area contributed by atoms with Crippen LogP contribution in [0.5, 0.6) is 5.75 Å². The molecule has 0 N–H and O–H groups in total. The first-order valence-electron chi connectivity index (χ1n) is 7.27. The smallest absolute Gasteiger partial charge is 0.119 e. The third kappa shape index (κ3) is 3.02. The third-order valence-electron chi connectivity index (χ3n) is 3.72. The van der Waals surface area contributed by atoms with Crippen LogP contribution in [-0.4, -0.2) is 4.57 Å². The van der Waals surface area contributed by atoms with E-state index in [0.29, 0.717) is 6.61 Å². The van der Waals surface area contributed by atoms with Gasteiger partial charge in [-0.1, -0.05) is 29.8 Å². The molecule has 3 heteroatoms. The molecule has 2 aromatic carbocycles. The first kappa shape index (κ1) is 14.7. The molecule has 0 amide bonds. The summed E-state index contributed by atoms with van der Waals surface area (Å²) in [6.45, 7) is 4.68. The zero-order valence-corrected chi connectivity index (χ0v) is 13.5. The Kier molecular flexibility index (Phi) is 4.21. The standard InChI is InChI=1S/C19H18ClNO/c1-14-7-8-15(2)21(14)17-9-11-18(12-10-17)22-13-16-5-3-4-6-19(16)20/h3-12H,13H2,1-2H3. The van der Waals surface area contributed by atoms with Gasteiger partial charge in [0.05, 0.1) is 0 Å². The van der Waals surface area contributed by atoms with Gasteiger partial charge in [0.1, 0.15) is 12.4 Å². The number of benzene rings is 2. The highest BCUT2D eigenvalue weighted by molar-refractivity contribution is 6.31. The van der Waals surface area contributed by atoms with Crippen molar-refractivity contribution in [2.75, 3.05) is 0 Å². The molecule has 1 heterocycles. The first-order valence-corrected chi connectivity index (χ1v) is 7.64. The number of ether oxygens (including phenoxy) is 1. The first-order chi connectivity index (χ1) is 10.6. The number of rotatable bonds is 4. The minimum Gasteiger partial charge on any atom is -0.489 e. The van der Waals surface area contributed by atoms with Crippen LogP contribution in [0.25, 0.3) is 5.69 Å². The Morgan fingerprint density at radius 2 is 1.50 bits per heavy atom. The Morgan fingerprint density at radius 1 is 0.864 bits per heavy atom. The summed E-state index contributed by atoms with van der Waals surface area (Å²) >= 11 is 6.13. The van der Waals surface area contributed by atoms with Gasteiger partial charge >= 0.3 is 0 Å². The summed E-state index contributed by atoms with van der Waals surface area (Å²) in [7, 11) is 0. The molecule has 112 valence electrons. The maximum absolute atomic E-state index is 6.13. The predicted octanol–water partition coefficient (Wildman–Crippen LogP) is 5.33. The van der Waals surface area contributed by atoms with Crippen molar-refractivity contribution in [2.24, 2.45) is 0 Å². The van der Waals surface area contributed by atoms with E-state index < -0.39 is 0 Å². The van der Waals surface area contributed by atoms with E-state index in [9.17, 15) is 0 Å². The Labute approximate surface area is 135 Å². The zero-order chi connectivity index (χ0) is 15.5. The number of hydrogen-bond acceptors (Lipinski definition) is 1. The highest BCUT2D eigenvalue weighted by atomic mass is 35.5. The van der Waals surface area contributed by atoms with Crippen LogP contribution in [-0.2, 0) is 6.61 Å². The molecule has 3 rings (SSSR count). The molecule has 0 saturated heterocycles. The molecule has 3 aromatic rings. The second-order valence-electron chi connectivity index (χ2n) is 5.33. The summed E-state index contributed by atoms with van der Waals surface area (Å²) in [6.07, 6.45) is 0. The third-order valence-corrected chi connectivity index (χ3v) is 4.09. The monoisotopic (exact) mass is 311 g/mol. The zero-order valence-electron chi connectivity index (χ0n) is 12.7. The van der Waals surface area contributed by atoms with Crippen LogP contribution >= 0.6 is 11.6 Å². The highest BCUT2D eigenvalue weighted by Gasteiger charge is 2.05. The largest absolute Gasteiger partial charge is 0.489 e. The average molecular weight is 312 g/mol. The summed E-state index contributed by atoms with van der Waals surface area (Å²) in [6, 6.07) is 20.1. The van der Waals surface area contributed by atoms with Gasteiger partial charge in [0, 0.05) is 27.7 Å². The van der Waals surface area contributed by atoms with Crippen molar-refractivity contribution < 1.29 is 4.74 Å². The number of nitrogens with zero attached hydrogens (tertiary/aromatic N) is 1. The van der Waals surface area contributed by atoms with Gasteiger partial charge in [-0.2, -0.15) is 0 Å². The van der Waals surface area contributed by atoms with E-state index >= 15 is 0 Å². The molecule has 0 bridgehead atoms. The lowest BCUT2D eigenvalue weighted by Gasteiger charge is -2.11.